The van der Waals surface area contributed by atoms with Crippen molar-refractivity contribution in [3.05, 3.63) is 71.3 Å². The highest BCUT2D eigenvalue weighted by Crippen LogP contribution is 2.39. The predicted molar refractivity (Wildman–Crippen MR) is 106 cm³/mol. The van der Waals surface area contributed by atoms with Crippen molar-refractivity contribution in [2.24, 2.45) is 0 Å². The first-order valence-corrected chi connectivity index (χ1v) is 9.70. The van der Waals surface area contributed by atoms with Gasteiger partial charge >= 0.3 is 0 Å². The molecule has 3 heteroatoms. The number of rotatable bonds is 3. The first-order valence-electron chi connectivity index (χ1n) is 9.70. The van der Waals surface area contributed by atoms with Crippen molar-refractivity contribution >= 4 is 11.6 Å². The number of hydrogen-bond acceptors (Lipinski definition) is 3. The molecular weight excluding hydrogens is 334 g/mol. The molecule has 0 aromatic heterocycles. The van der Waals surface area contributed by atoms with Gasteiger partial charge in [0.15, 0.2) is 17.0 Å². The predicted octanol–water partition coefficient (Wildman–Crippen LogP) is 3.88. The number of fused-ring (bicyclic) bond motifs is 1. The second kappa shape index (κ2) is 7.50. The SMILES string of the molecule is O=C1c2ccccc2C(=O)C1(C#CCCN1CCCCC1)c1ccccc1. The molecule has 1 aliphatic heterocycles. The molecule has 0 unspecified atom stereocenters. The minimum Gasteiger partial charge on any atom is -0.302 e. The normalized spacial score (nSPS) is 18.7. The zero-order valence-electron chi connectivity index (χ0n) is 15.4. The van der Waals surface area contributed by atoms with E-state index in [1.54, 1.807) is 24.3 Å². The molecular formula is C24H23NO2. The molecule has 0 atom stereocenters. The van der Waals surface area contributed by atoms with Crippen LogP contribution in [0, 0.1) is 11.8 Å². The van der Waals surface area contributed by atoms with E-state index in [1.807, 2.05) is 30.3 Å². The van der Waals surface area contributed by atoms with Crippen LogP contribution in [0.5, 0.6) is 0 Å². The van der Waals surface area contributed by atoms with Crippen LogP contribution in [0.1, 0.15) is 52.0 Å². The fourth-order valence-corrected chi connectivity index (χ4v) is 4.11. The summed E-state index contributed by atoms with van der Waals surface area (Å²) in [6, 6.07) is 16.3. The van der Waals surface area contributed by atoms with E-state index in [-0.39, 0.29) is 11.6 Å². The Morgan fingerprint density at radius 3 is 2.04 bits per heavy atom. The van der Waals surface area contributed by atoms with Crippen molar-refractivity contribution in [1.29, 1.82) is 0 Å². The third-order valence-corrected chi connectivity index (χ3v) is 5.58. The largest absolute Gasteiger partial charge is 0.302 e. The summed E-state index contributed by atoms with van der Waals surface area (Å²) >= 11 is 0. The summed E-state index contributed by atoms with van der Waals surface area (Å²) in [6.07, 6.45) is 4.47. The van der Waals surface area contributed by atoms with Crippen LogP contribution in [0.25, 0.3) is 0 Å². The molecule has 3 nitrogen and oxygen atoms in total. The Balaban J connectivity index is 1.67. The molecule has 4 rings (SSSR count). The average Bonchev–Trinajstić information content (AvgIpc) is 2.95. The van der Waals surface area contributed by atoms with Crippen molar-refractivity contribution in [3.63, 3.8) is 0 Å². The summed E-state index contributed by atoms with van der Waals surface area (Å²) in [7, 11) is 0. The van der Waals surface area contributed by atoms with Crippen LogP contribution in [0.4, 0.5) is 0 Å². The van der Waals surface area contributed by atoms with Crippen LogP contribution in [-0.2, 0) is 5.41 Å². The Hall–Kier alpha value is -2.70. The van der Waals surface area contributed by atoms with E-state index >= 15 is 0 Å². The Labute approximate surface area is 160 Å². The molecule has 0 spiro atoms. The maximum atomic E-state index is 13.3. The smallest absolute Gasteiger partial charge is 0.194 e. The minimum atomic E-state index is -1.40. The molecule has 2 aliphatic rings. The molecule has 136 valence electrons. The molecule has 0 radical (unpaired) electrons. The fraction of sp³-hybridized carbons (Fsp3) is 0.333. The Bertz CT molecular complexity index is 879. The lowest BCUT2D eigenvalue weighted by molar-refractivity contribution is 0.0842. The van der Waals surface area contributed by atoms with Crippen LogP contribution in [0.3, 0.4) is 0 Å². The van der Waals surface area contributed by atoms with Crippen molar-refractivity contribution in [3.8, 4) is 11.8 Å². The number of piperidine rings is 1. The molecule has 27 heavy (non-hydrogen) atoms. The van der Waals surface area contributed by atoms with Crippen LogP contribution in [0.15, 0.2) is 54.6 Å². The third kappa shape index (κ3) is 3.11. The van der Waals surface area contributed by atoms with Gasteiger partial charge in [0.2, 0.25) is 0 Å². The van der Waals surface area contributed by atoms with Crippen LogP contribution in [0.2, 0.25) is 0 Å². The first-order chi connectivity index (χ1) is 13.2. The lowest BCUT2D eigenvalue weighted by atomic mass is 9.76. The van der Waals surface area contributed by atoms with Gasteiger partial charge in [0.1, 0.15) is 0 Å². The Morgan fingerprint density at radius 2 is 1.41 bits per heavy atom. The van der Waals surface area contributed by atoms with Crippen LogP contribution in [-0.4, -0.2) is 36.1 Å². The number of carbonyl (C=O) groups is 2. The van der Waals surface area contributed by atoms with E-state index in [2.05, 4.69) is 16.7 Å². The van der Waals surface area contributed by atoms with Crippen LogP contribution < -0.4 is 0 Å². The third-order valence-electron chi connectivity index (χ3n) is 5.58. The van der Waals surface area contributed by atoms with Gasteiger partial charge in [0.05, 0.1) is 0 Å². The first kappa shape index (κ1) is 17.7. The number of hydrogen-bond donors (Lipinski definition) is 0. The lowest BCUT2D eigenvalue weighted by Crippen LogP contribution is -2.37. The van der Waals surface area contributed by atoms with Gasteiger partial charge < -0.3 is 4.90 Å². The molecule has 1 saturated heterocycles. The molecule has 0 amide bonds. The highest BCUT2D eigenvalue weighted by atomic mass is 16.2. The molecule has 0 N–H and O–H groups in total. The lowest BCUT2D eigenvalue weighted by Gasteiger charge is -2.25. The molecule has 1 fully saturated rings. The van der Waals surface area contributed by atoms with E-state index < -0.39 is 5.41 Å². The van der Waals surface area contributed by atoms with Gasteiger partial charge in [-0.05, 0) is 31.5 Å². The van der Waals surface area contributed by atoms with Gasteiger partial charge in [-0.25, -0.2) is 0 Å². The second-order valence-corrected chi connectivity index (χ2v) is 7.27. The molecule has 1 heterocycles. The van der Waals surface area contributed by atoms with Crippen LogP contribution >= 0.6 is 0 Å². The summed E-state index contributed by atoms with van der Waals surface area (Å²) < 4.78 is 0. The average molecular weight is 357 g/mol. The second-order valence-electron chi connectivity index (χ2n) is 7.27. The summed E-state index contributed by atoms with van der Waals surface area (Å²) in [5.74, 6) is 5.91. The number of likely N-dealkylation sites (tertiary alicyclic amines) is 1. The highest BCUT2D eigenvalue weighted by Gasteiger charge is 2.53. The molecule has 2 aromatic carbocycles. The van der Waals surface area contributed by atoms with Gasteiger partial charge in [0, 0.05) is 24.1 Å². The van der Waals surface area contributed by atoms with Crippen molar-refractivity contribution < 1.29 is 9.59 Å². The minimum absolute atomic E-state index is 0.195. The monoisotopic (exact) mass is 357 g/mol. The zero-order valence-corrected chi connectivity index (χ0v) is 15.4. The van der Waals surface area contributed by atoms with E-state index in [9.17, 15) is 9.59 Å². The van der Waals surface area contributed by atoms with E-state index in [1.165, 1.54) is 19.3 Å². The topological polar surface area (TPSA) is 37.4 Å². The summed E-state index contributed by atoms with van der Waals surface area (Å²) in [6.45, 7) is 3.14. The maximum absolute atomic E-state index is 13.3. The van der Waals surface area contributed by atoms with Crippen molar-refractivity contribution in [1.82, 2.24) is 4.90 Å². The van der Waals surface area contributed by atoms with Gasteiger partial charge in [-0.15, -0.1) is 5.92 Å². The van der Waals surface area contributed by atoms with Gasteiger partial charge in [-0.1, -0.05) is 66.9 Å². The molecule has 0 saturated carbocycles. The number of nitrogens with zero attached hydrogens (tertiary/aromatic N) is 1. The molecule has 2 aromatic rings. The summed E-state index contributed by atoms with van der Waals surface area (Å²) in [5.41, 5.74) is 0.238. The van der Waals surface area contributed by atoms with E-state index in [4.69, 9.17) is 0 Å². The Morgan fingerprint density at radius 1 is 0.815 bits per heavy atom. The number of carbonyl (C=O) groups excluding carboxylic acids is 2. The highest BCUT2D eigenvalue weighted by molar-refractivity contribution is 6.35. The summed E-state index contributed by atoms with van der Waals surface area (Å²) in [5, 5.41) is 0. The quantitative estimate of drug-likeness (QED) is 0.618. The van der Waals surface area contributed by atoms with Gasteiger partial charge in [-0.2, -0.15) is 0 Å². The number of Topliss-reactive ketones (excluding diaryl/α,β-unsaturated/α-hetero) is 2. The van der Waals surface area contributed by atoms with E-state index in [0.29, 0.717) is 23.1 Å². The van der Waals surface area contributed by atoms with Gasteiger partial charge in [-0.3, -0.25) is 9.59 Å². The number of benzene rings is 2. The van der Waals surface area contributed by atoms with E-state index in [0.717, 1.165) is 19.6 Å². The van der Waals surface area contributed by atoms with Gasteiger partial charge in [0.25, 0.3) is 0 Å². The fourth-order valence-electron chi connectivity index (χ4n) is 4.11. The molecule has 0 bridgehead atoms. The van der Waals surface area contributed by atoms with Crippen molar-refractivity contribution in [2.75, 3.05) is 19.6 Å². The summed E-state index contributed by atoms with van der Waals surface area (Å²) in [4.78, 5) is 29.0. The standard InChI is InChI=1S/C24H23NO2/c26-22-20-13-5-6-14-21(20)23(27)24(22,19-11-3-1-4-12-19)15-7-10-18-25-16-8-2-9-17-25/h1,3-6,11-14H,2,8-10,16-18H2. The Kier molecular flexibility index (Phi) is 4.92. The zero-order chi connectivity index (χ0) is 18.7. The maximum Gasteiger partial charge on any atom is 0.194 e. The van der Waals surface area contributed by atoms with Crippen molar-refractivity contribution in [2.45, 2.75) is 31.1 Å². The number of ketones is 2. The molecule has 1 aliphatic carbocycles.